The summed E-state index contributed by atoms with van der Waals surface area (Å²) in [6.45, 7) is 11.8. The number of rotatable bonds is 4. The maximum Gasteiger partial charge on any atom is 0.410 e. The molecule has 1 aliphatic carbocycles. The molecule has 0 aromatic carbocycles. The molecular weight excluding hydrogens is 304 g/mol. The van der Waals surface area contributed by atoms with Crippen molar-refractivity contribution < 1.29 is 9.53 Å². The summed E-state index contributed by atoms with van der Waals surface area (Å²) in [4.78, 5) is 20.7. The minimum absolute atomic E-state index is 0.253. The highest BCUT2D eigenvalue weighted by Crippen LogP contribution is 2.47. The van der Waals surface area contributed by atoms with Crippen LogP contribution in [-0.4, -0.2) is 67.2 Å². The number of nitrogens with one attached hydrogen (secondary N) is 1. The average molecular weight is 338 g/mol. The van der Waals surface area contributed by atoms with Gasteiger partial charge in [0.25, 0.3) is 0 Å². The van der Waals surface area contributed by atoms with Gasteiger partial charge in [-0.25, -0.2) is 4.79 Å². The molecule has 1 amide bonds. The molecule has 1 N–H and O–H groups in total. The number of amides is 1. The molecule has 0 unspecified atom stereocenters. The van der Waals surface area contributed by atoms with E-state index in [4.69, 9.17) is 4.74 Å². The van der Waals surface area contributed by atoms with Crippen LogP contribution in [0.3, 0.4) is 0 Å². The molecule has 0 atom stereocenters. The minimum atomic E-state index is -0.458. The Balaban J connectivity index is 1.77. The number of hydrogen-bond donors (Lipinski definition) is 1. The third-order valence-corrected chi connectivity index (χ3v) is 5.06. The second-order valence-electron chi connectivity index (χ2n) is 8.06. The van der Waals surface area contributed by atoms with Gasteiger partial charge in [0.1, 0.15) is 5.60 Å². The first kappa shape index (κ1) is 18.9. The Bertz CT molecular complexity index is 466. The molecule has 138 valence electrons. The molecule has 2 rings (SSSR count). The molecule has 6 heteroatoms. The van der Waals surface area contributed by atoms with Crippen molar-refractivity contribution >= 4 is 12.1 Å². The Kier molecular flexibility index (Phi) is 5.99. The quantitative estimate of drug-likeness (QED) is 0.632. The molecule has 0 radical (unpaired) electrons. The monoisotopic (exact) mass is 338 g/mol. The van der Waals surface area contributed by atoms with Crippen LogP contribution in [0.5, 0.6) is 0 Å². The van der Waals surface area contributed by atoms with E-state index in [0.717, 1.165) is 19.0 Å². The third kappa shape index (κ3) is 4.77. The zero-order chi connectivity index (χ0) is 17.8. The second-order valence-corrected chi connectivity index (χ2v) is 8.06. The van der Waals surface area contributed by atoms with Crippen molar-refractivity contribution in [2.24, 2.45) is 10.4 Å². The molecule has 2 aliphatic rings. The predicted molar refractivity (Wildman–Crippen MR) is 97.3 cm³/mol. The normalized spacial score (nSPS) is 20.0. The SMILES string of the molecule is CCN(CCNC(=NC)N1CCC2(CCC2)C1)C(=O)OC(C)(C)C. The van der Waals surface area contributed by atoms with Crippen LogP contribution in [-0.2, 0) is 4.74 Å². The summed E-state index contributed by atoms with van der Waals surface area (Å²) >= 11 is 0. The molecule has 2 fully saturated rings. The Morgan fingerprint density at radius 1 is 1.33 bits per heavy atom. The van der Waals surface area contributed by atoms with Crippen LogP contribution >= 0.6 is 0 Å². The second kappa shape index (κ2) is 7.62. The van der Waals surface area contributed by atoms with E-state index in [9.17, 15) is 4.79 Å². The first-order valence-electron chi connectivity index (χ1n) is 9.22. The van der Waals surface area contributed by atoms with E-state index in [2.05, 4.69) is 15.2 Å². The van der Waals surface area contributed by atoms with E-state index in [1.54, 1.807) is 4.90 Å². The molecule has 1 saturated heterocycles. The van der Waals surface area contributed by atoms with Gasteiger partial charge >= 0.3 is 6.09 Å². The minimum Gasteiger partial charge on any atom is -0.444 e. The van der Waals surface area contributed by atoms with Crippen LogP contribution < -0.4 is 5.32 Å². The van der Waals surface area contributed by atoms with Crippen molar-refractivity contribution in [1.82, 2.24) is 15.1 Å². The van der Waals surface area contributed by atoms with Gasteiger partial charge in [-0.15, -0.1) is 0 Å². The fourth-order valence-corrected chi connectivity index (χ4v) is 3.54. The van der Waals surface area contributed by atoms with E-state index in [0.29, 0.717) is 25.0 Å². The summed E-state index contributed by atoms with van der Waals surface area (Å²) in [5.74, 6) is 0.957. The van der Waals surface area contributed by atoms with Crippen molar-refractivity contribution in [3.63, 3.8) is 0 Å². The number of aliphatic imine (C=N–C) groups is 1. The van der Waals surface area contributed by atoms with Crippen LogP contribution in [0, 0.1) is 5.41 Å². The van der Waals surface area contributed by atoms with Gasteiger partial charge in [0.15, 0.2) is 5.96 Å². The van der Waals surface area contributed by atoms with Gasteiger partial charge in [-0.2, -0.15) is 0 Å². The Morgan fingerprint density at radius 2 is 2.04 bits per heavy atom. The van der Waals surface area contributed by atoms with Gasteiger partial charge in [0.2, 0.25) is 0 Å². The standard InChI is InChI=1S/C18H34N4O2/c1-6-21(16(23)24-17(2,3)4)13-11-20-15(19-5)22-12-10-18(14-22)8-7-9-18/h6-14H2,1-5H3,(H,19,20). The lowest BCUT2D eigenvalue weighted by atomic mass is 9.68. The number of hydrogen-bond acceptors (Lipinski definition) is 3. The number of guanidine groups is 1. The van der Waals surface area contributed by atoms with Crippen molar-refractivity contribution in [1.29, 1.82) is 0 Å². The number of likely N-dealkylation sites (N-methyl/N-ethyl adjacent to an activating group) is 1. The zero-order valence-electron chi connectivity index (χ0n) is 16.0. The summed E-state index contributed by atoms with van der Waals surface area (Å²) in [7, 11) is 1.83. The Hall–Kier alpha value is -1.46. The topological polar surface area (TPSA) is 57.2 Å². The van der Waals surface area contributed by atoms with Gasteiger partial charge in [0.05, 0.1) is 0 Å². The van der Waals surface area contributed by atoms with E-state index < -0.39 is 5.60 Å². The highest BCUT2D eigenvalue weighted by Gasteiger charge is 2.43. The number of carbonyl (C=O) groups excluding carboxylic acids is 1. The number of ether oxygens (including phenoxy) is 1. The molecule has 24 heavy (non-hydrogen) atoms. The van der Waals surface area contributed by atoms with Crippen LogP contribution in [0.2, 0.25) is 0 Å². The predicted octanol–water partition coefficient (Wildman–Crippen LogP) is 2.69. The summed E-state index contributed by atoms with van der Waals surface area (Å²) in [6.07, 6.45) is 5.13. The maximum atomic E-state index is 12.2. The van der Waals surface area contributed by atoms with Gasteiger partial charge in [-0.1, -0.05) is 6.42 Å². The first-order chi connectivity index (χ1) is 11.3. The Labute approximate surface area is 146 Å². The number of carbonyl (C=O) groups is 1. The number of nitrogens with zero attached hydrogens (tertiary/aromatic N) is 3. The summed E-state index contributed by atoms with van der Waals surface area (Å²) in [6, 6.07) is 0. The molecule has 0 aromatic rings. The van der Waals surface area contributed by atoms with E-state index >= 15 is 0 Å². The molecule has 1 heterocycles. The summed E-state index contributed by atoms with van der Waals surface area (Å²) < 4.78 is 5.44. The maximum absolute atomic E-state index is 12.2. The highest BCUT2D eigenvalue weighted by molar-refractivity contribution is 5.80. The lowest BCUT2D eigenvalue weighted by Gasteiger charge is -2.38. The van der Waals surface area contributed by atoms with Gasteiger partial charge in [0, 0.05) is 39.8 Å². The molecule has 0 aromatic heterocycles. The lowest BCUT2D eigenvalue weighted by Crippen LogP contribution is -2.46. The highest BCUT2D eigenvalue weighted by atomic mass is 16.6. The van der Waals surface area contributed by atoms with Crippen LogP contribution in [0.1, 0.15) is 53.4 Å². The third-order valence-electron chi connectivity index (χ3n) is 5.06. The summed E-state index contributed by atoms with van der Waals surface area (Å²) in [5.41, 5.74) is 0.101. The van der Waals surface area contributed by atoms with Crippen molar-refractivity contribution in [3.8, 4) is 0 Å². The molecule has 1 aliphatic heterocycles. The zero-order valence-corrected chi connectivity index (χ0v) is 16.0. The van der Waals surface area contributed by atoms with Gasteiger partial charge < -0.3 is 19.9 Å². The van der Waals surface area contributed by atoms with E-state index in [-0.39, 0.29) is 6.09 Å². The summed E-state index contributed by atoms with van der Waals surface area (Å²) in [5, 5.41) is 3.41. The molecule has 0 bridgehead atoms. The number of likely N-dealkylation sites (tertiary alicyclic amines) is 1. The molecule has 6 nitrogen and oxygen atoms in total. The van der Waals surface area contributed by atoms with Crippen molar-refractivity contribution in [2.45, 2.75) is 59.0 Å². The van der Waals surface area contributed by atoms with E-state index in [1.165, 1.54) is 25.7 Å². The van der Waals surface area contributed by atoms with Crippen molar-refractivity contribution in [2.75, 3.05) is 39.8 Å². The van der Waals surface area contributed by atoms with Gasteiger partial charge in [-0.3, -0.25) is 4.99 Å². The van der Waals surface area contributed by atoms with Crippen LogP contribution in [0.4, 0.5) is 4.79 Å². The Morgan fingerprint density at radius 3 is 2.50 bits per heavy atom. The fourth-order valence-electron chi connectivity index (χ4n) is 3.54. The van der Waals surface area contributed by atoms with Crippen LogP contribution in [0.15, 0.2) is 4.99 Å². The lowest BCUT2D eigenvalue weighted by molar-refractivity contribution is 0.0263. The average Bonchev–Trinajstić information content (AvgIpc) is 2.91. The van der Waals surface area contributed by atoms with E-state index in [1.807, 2.05) is 34.7 Å². The van der Waals surface area contributed by atoms with Crippen LogP contribution in [0.25, 0.3) is 0 Å². The van der Waals surface area contributed by atoms with Crippen molar-refractivity contribution in [3.05, 3.63) is 0 Å². The first-order valence-corrected chi connectivity index (χ1v) is 9.22. The fraction of sp³-hybridized carbons (Fsp3) is 0.889. The smallest absolute Gasteiger partial charge is 0.410 e. The molecule has 1 spiro atoms. The van der Waals surface area contributed by atoms with Gasteiger partial charge in [-0.05, 0) is 52.4 Å². The molecule has 1 saturated carbocycles. The largest absolute Gasteiger partial charge is 0.444 e. The molecular formula is C18H34N4O2.